The number of fused-ring (bicyclic) bond motifs is 1. The summed E-state index contributed by atoms with van der Waals surface area (Å²) in [6.07, 6.45) is 0. The third kappa shape index (κ3) is 4.68. The number of methoxy groups -OCH3 is 1. The summed E-state index contributed by atoms with van der Waals surface area (Å²) in [5, 5.41) is 1.26. The van der Waals surface area contributed by atoms with Gasteiger partial charge in [0.1, 0.15) is 11.8 Å². The Morgan fingerprint density at radius 2 is 1.78 bits per heavy atom. The Balaban J connectivity index is 1.61. The number of pyridine rings is 1. The highest BCUT2D eigenvalue weighted by molar-refractivity contribution is 6.30. The summed E-state index contributed by atoms with van der Waals surface area (Å²) in [5.74, 6) is 0.554. The predicted octanol–water partition coefficient (Wildman–Crippen LogP) is 4.64. The van der Waals surface area contributed by atoms with Crippen molar-refractivity contribution in [2.75, 3.05) is 13.7 Å². The lowest BCUT2D eigenvalue weighted by atomic mass is 10.1. The van der Waals surface area contributed by atoms with E-state index in [1.54, 1.807) is 13.2 Å². The monoisotopic (exact) mass is 385 g/mol. The lowest BCUT2D eigenvalue weighted by molar-refractivity contribution is -0.147. The topological polar surface area (TPSA) is 57.7 Å². The van der Waals surface area contributed by atoms with E-state index < -0.39 is 5.97 Å². The number of aromatic nitrogens is 1. The summed E-state index contributed by atoms with van der Waals surface area (Å²) in [7, 11) is 1.55. The van der Waals surface area contributed by atoms with Gasteiger partial charge in [-0.3, -0.25) is 0 Å². The van der Waals surface area contributed by atoms with Crippen LogP contribution in [0.4, 0.5) is 0 Å². The van der Waals surface area contributed by atoms with Crippen LogP contribution >= 0.6 is 11.6 Å². The number of carbonyl (C=O) groups excluding carboxylic acids is 1. The molecule has 0 saturated heterocycles. The molecule has 0 fully saturated rings. The number of hydrogen-bond acceptors (Lipinski definition) is 5. The molecule has 0 amide bonds. The van der Waals surface area contributed by atoms with Crippen molar-refractivity contribution in [3.8, 4) is 11.5 Å². The second-order valence-corrected chi connectivity index (χ2v) is 6.60. The molecular weight excluding hydrogens is 366 g/mol. The Bertz CT molecular complexity index is 987. The van der Waals surface area contributed by atoms with E-state index in [1.165, 1.54) is 0 Å². The Hall–Kier alpha value is -2.79. The van der Waals surface area contributed by atoms with Gasteiger partial charge < -0.3 is 14.2 Å². The number of hydrogen-bond donors (Lipinski definition) is 0. The highest BCUT2D eigenvalue weighted by Gasteiger charge is 2.11. The predicted molar refractivity (Wildman–Crippen MR) is 105 cm³/mol. The summed E-state index contributed by atoms with van der Waals surface area (Å²) in [6, 6.07) is 13.3. The van der Waals surface area contributed by atoms with Crippen LogP contribution in [-0.4, -0.2) is 24.7 Å². The molecule has 0 saturated carbocycles. The highest BCUT2D eigenvalue weighted by Crippen LogP contribution is 2.28. The van der Waals surface area contributed by atoms with Crippen LogP contribution < -0.4 is 9.47 Å². The Morgan fingerprint density at radius 1 is 1.04 bits per heavy atom. The molecule has 3 rings (SSSR count). The highest BCUT2D eigenvalue weighted by atomic mass is 35.5. The lowest BCUT2D eigenvalue weighted by Crippen LogP contribution is -2.15. The molecule has 0 aliphatic carbocycles. The number of benzene rings is 2. The van der Waals surface area contributed by atoms with Crippen molar-refractivity contribution >= 4 is 28.5 Å². The van der Waals surface area contributed by atoms with E-state index in [0.717, 1.165) is 22.0 Å². The normalized spacial score (nSPS) is 10.7. The maximum Gasteiger partial charge on any atom is 0.344 e. The quantitative estimate of drug-likeness (QED) is 0.457. The largest absolute Gasteiger partial charge is 0.493 e. The number of carbonyl (C=O) groups is 1. The van der Waals surface area contributed by atoms with Crippen molar-refractivity contribution in [1.29, 1.82) is 0 Å². The smallest absolute Gasteiger partial charge is 0.344 e. The first-order valence-electron chi connectivity index (χ1n) is 8.45. The van der Waals surface area contributed by atoms with Gasteiger partial charge in [-0.05, 0) is 49.2 Å². The molecule has 0 radical (unpaired) electrons. The van der Waals surface area contributed by atoms with E-state index in [4.69, 9.17) is 25.8 Å². The molecule has 0 atom stereocenters. The maximum absolute atomic E-state index is 12.0. The maximum atomic E-state index is 12.0. The molecule has 27 heavy (non-hydrogen) atoms. The second-order valence-electron chi connectivity index (χ2n) is 6.24. The number of nitrogens with zero attached hydrogens (tertiary/aromatic N) is 1. The molecule has 1 heterocycles. The summed E-state index contributed by atoms with van der Waals surface area (Å²) < 4.78 is 16.0. The molecular formula is C21H20ClNO4. The van der Waals surface area contributed by atoms with Gasteiger partial charge in [0.15, 0.2) is 18.1 Å². The van der Waals surface area contributed by atoms with Crippen LogP contribution in [0.3, 0.4) is 0 Å². The first-order chi connectivity index (χ1) is 13.0. The Labute approximate surface area is 162 Å². The molecule has 6 heteroatoms. The fourth-order valence-electron chi connectivity index (χ4n) is 2.63. The van der Waals surface area contributed by atoms with Crippen molar-refractivity contribution in [3.63, 3.8) is 0 Å². The third-order valence-corrected chi connectivity index (χ3v) is 4.38. The van der Waals surface area contributed by atoms with Gasteiger partial charge in [0.25, 0.3) is 0 Å². The van der Waals surface area contributed by atoms with Crippen LogP contribution in [0.2, 0.25) is 5.15 Å². The number of rotatable bonds is 6. The zero-order chi connectivity index (χ0) is 19.4. The van der Waals surface area contributed by atoms with Crippen LogP contribution in [0.1, 0.15) is 16.7 Å². The minimum absolute atomic E-state index is 0.0306. The first kappa shape index (κ1) is 19.0. The number of halogens is 1. The van der Waals surface area contributed by atoms with Crippen molar-refractivity contribution in [1.82, 2.24) is 4.98 Å². The van der Waals surface area contributed by atoms with Crippen molar-refractivity contribution in [2.24, 2.45) is 0 Å². The minimum atomic E-state index is -0.502. The zero-order valence-corrected chi connectivity index (χ0v) is 16.2. The van der Waals surface area contributed by atoms with Gasteiger partial charge >= 0.3 is 5.97 Å². The number of aryl methyl sites for hydroxylation is 2. The Morgan fingerprint density at radius 3 is 2.56 bits per heavy atom. The van der Waals surface area contributed by atoms with Crippen molar-refractivity contribution < 1.29 is 19.0 Å². The molecule has 2 aromatic carbocycles. The summed E-state index contributed by atoms with van der Waals surface area (Å²) in [6.45, 7) is 3.75. The van der Waals surface area contributed by atoms with Gasteiger partial charge in [0.05, 0.1) is 12.6 Å². The van der Waals surface area contributed by atoms with Gasteiger partial charge in [0.2, 0.25) is 0 Å². The van der Waals surface area contributed by atoms with E-state index in [-0.39, 0.29) is 13.2 Å². The molecule has 1 aromatic heterocycles. The van der Waals surface area contributed by atoms with E-state index >= 15 is 0 Å². The fraction of sp³-hybridized carbons (Fsp3) is 0.238. The zero-order valence-electron chi connectivity index (χ0n) is 15.4. The second kappa shape index (κ2) is 8.27. The van der Waals surface area contributed by atoms with E-state index in [9.17, 15) is 4.79 Å². The summed E-state index contributed by atoms with van der Waals surface area (Å²) >= 11 is 6.22. The third-order valence-electron chi connectivity index (χ3n) is 4.05. The first-order valence-corrected chi connectivity index (χ1v) is 8.83. The standard InChI is InChI=1S/C21H20ClNO4/c1-13-4-6-15-10-16(21(22)23-17(15)8-13)11-27-20(24)12-26-18-7-5-14(2)9-19(18)25-3/h4-10H,11-12H2,1-3H3. The van der Waals surface area contributed by atoms with Crippen molar-refractivity contribution in [3.05, 3.63) is 64.3 Å². The fourth-order valence-corrected chi connectivity index (χ4v) is 2.83. The molecule has 0 bridgehead atoms. The van der Waals surface area contributed by atoms with E-state index in [1.807, 2.05) is 50.2 Å². The van der Waals surface area contributed by atoms with Crippen molar-refractivity contribution in [2.45, 2.75) is 20.5 Å². The SMILES string of the molecule is COc1cc(C)ccc1OCC(=O)OCc1cc2ccc(C)cc2nc1Cl. The van der Waals surface area contributed by atoms with Gasteiger partial charge in [-0.25, -0.2) is 9.78 Å². The van der Waals surface area contributed by atoms with Crippen LogP contribution in [0.5, 0.6) is 11.5 Å². The van der Waals surface area contributed by atoms with Gasteiger partial charge in [0, 0.05) is 10.9 Å². The van der Waals surface area contributed by atoms with E-state index in [2.05, 4.69) is 4.98 Å². The Kier molecular flexibility index (Phi) is 5.81. The molecule has 0 N–H and O–H groups in total. The number of esters is 1. The molecule has 0 aliphatic rings. The summed E-state index contributed by atoms with van der Waals surface area (Å²) in [4.78, 5) is 16.4. The molecule has 5 nitrogen and oxygen atoms in total. The average Bonchev–Trinajstić information content (AvgIpc) is 2.65. The minimum Gasteiger partial charge on any atom is -0.493 e. The van der Waals surface area contributed by atoms with Gasteiger partial charge in [-0.1, -0.05) is 29.8 Å². The van der Waals surface area contributed by atoms with Crippen LogP contribution in [0.15, 0.2) is 42.5 Å². The van der Waals surface area contributed by atoms with E-state index in [0.29, 0.717) is 22.2 Å². The molecule has 0 spiro atoms. The van der Waals surface area contributed by atoms with Crippen LogP contribution in [0.25, 0.3) is 10.9 Å². The van der Waals surface area contributed by atoms with Gasteiger partial charge in [-0.2, -0.15) is 0 Å². The average molecular weight is 386 g/mol. The molecule has 0 aliphatic heterocycles. The molecule has 0 unspecified atom stereocenters. The van der Waals surface area contributed by atoms with Gasteiger partial charge in [-0.15, -0.1) is 0 Å². The number of ether oxygens (including phenoxy) is 3. The summed E-state index contributed by atoms with van der Waals surface area (Å²) in [5.41, 5.74) is 3.60. The van der Waals surface area contributed by atoms with Crippen LogP contribution in [-0.2, 0) is 16.1 Å². The molecule has 3 aromatic rings. The molecule has 140 valence electrons. The van der Waals surface area contributed by atoms with Crippen LogP contribution in [0, 0.1) is 13.8 Å². The lowest BCUT2D eigenvalue weighted by Gasteiger charge is -2.11.